The quantitative estimate of drug-likeness (QED) is 0.704. The van der Waals surface area contributed by atoms with E-state index in [2.05, 4.69) is 4.72 Å². The Morgan fingerprint density at radius 1 is 1.00 bits per heavy atom. The van der Waals surface area contributed by atoms with Gasteiger partial charge in [0.05, 0.1) is 23.6 Å². The standard InChI is InChI=1S/C21H18N2O3S/c1-26-21-11-10-19(14-18(21)12-16-6-3-2-4-7-16)23-27(24,25)20-9-5-8-17(13-20)15-22/h2-11,13-14,23H,12H2,1H3. The zero-order valence-electron chi connectivity index (χ0n) is 14.7. The summed E-state index contributed by atoms with van der Waals surface area (Å²) in [5, 5.41) is 8.97. The van der Waals surface area contributed by atoms with E-state index >= 15 is 0 Å². The van der Waals surface area contributed by atoms with Gasteiger partial charge in [0.15, 0.2) is 0 Å². The highest BCUT2D eigenvalue weighted by atomic mass is 32.2. The zero-order chi connectivity index (χ0) is 19.3. The van der Waals surface area contributed by atoms with Crippen molar-refractivity contribution >= 4 is 15.7 Å². The third-order valence-electron chi connectivity index (χ3n) is 4.04. The van der Waals surface area contributed by atoms with Gasteiger partial charge in [-0.25, -0.2) is 8.42 Å². The van der Waals surface area contributed by atoms with E-state index in [0.717, 1.165) is 11.1 Å². The van der Waals surface area contributed by atoms with E-state index in [0.29, 0.717) is 17.9 Å². The first-order valence-corrected chi connectivity index (χ1v) is 9.74. The molecule has 136 valence electrons. The fourth-order valence-electron chi connectivity index (χ4n) is 2.74. The molecule has 0 unspecified atom stereocenters. The van der Waals surface area contributed by atoms with Crippen LogP contribution in [-0.2, 0) is 16.4 Å². The minimum absolute atomic E-state index is 0.0435. The predicted octanol–water partition coefficient (Wildman–Crippen LogP) is 3.96. The number of nitrogens with zero attached hydrogens (tertiary/aromatic N) is 1. The Kier molecular flexibility index (Phi) is 5.43. The van der Waals surface area contributed by atoms with Gasteiger partial charge in [0.25, 0.3) is 10.0 Å². The Morgan fingerprint density at radius 3 is 2.48 bits per heavy atom. The molecule has 5 nitrogen and oxygen atoms in total. The maximum absolute atomic E-state index is 12.6. The molecule has 0 aromatic heterocycles. The molecule has 0 bridgehead atoms. The Morgan fingerprint density at radius 2 is 1.78 bits per heavy atom. The van der Waals surface area contributed by atoms with E-state index in [1.807, 2.05) is 36.4 Å². The van der Waals surface area contributed by atoms with E-state index in [9.17, 15) is 8.42 Å². The molecule has 1 N–H and O–H groups in total. The van der Waals surface area contributed by atoms with Crippen LogP contribution in [0.1, 0.15) is 16.7 Å². The van der Waals surface area contributed by atoms with Gasteiger partial charge in [0.2, 0.25) is 0 Å². The molecule has 3 rings (SSSR count). The Bertz CT molecular complexity index is 1090. The second-order valence-electron chi connectivity index (χ2n) is 5.93. The van der Waals surface area contributed by atoms with E-state index in [1.54, 1.807) is 37.4 Å². The SMILES string of the molecule is COc1ccc(NS(=O)(=O)c2cccc(C#N)c2)cc1Cc1ccccc1. The maximum atomic E-state index is 12.6. The molecule has 0 aliphatic heterocycles. The summed E-state index contributed by atoms with van der Waals surface area (Å²) < 4.78 is 33.3. The van der Waals surface area contributed by atoms with E-state index < -0.39 is 10.0 Å². The van der Waals surface area contributed by atoms with Gasteiger partial charge in [0.1, 0.15) is 5.75 Å². The third-order valence-corrected chi connectivity index (χ3v) is 5.42. The molecule has 0 aliphatic carbocycles. The fraction of sp³-hybridized carbons (Fsp3) is 0.0952. The molecule has 0 aliphatic rings. The van der Waals surface area contributed by atoms with E-state index in [4.69, 9.17) is 10.00 Å². The van der Waals surface area contributed by atoms with Crippen molar-refractivity contribution in [1.82, 2.24) is 0 Å². The fourth-order valence-corrected chi connectivity index (χ4v) is 3.84. The number of rotatable bonds is 6. The van der Waals surface area contributed by atoms with Crippen molar-refractivity contribution in [1.29, 1.82) is 5.26 Å². The maximum Gasteiger partial charge on any atom is 0.261 e. The highest BCUT2D eigenvalue weighted by Gasteiger charge is 2.16. The van der Waals surface area contributed by atoms with Crippen molar-refractivity contribution in [3.63, 3.8) is 0 Å². The molecular weight excluding hydrogens is 360 g/mol. The van der Waals surface area contributed by atoms with Gasteiger partial charge in [-0.2, -0.15) is 5.26 Å². The molecule has 6 heteroatoms. The van der Waals surface area contributed by atoms with Crippen LogP contribution in [0, 0.1) is 11.3 Å². The second kappa shape index (κ2) is 7.94. The minimum Gasteiger partial charge on any atom is -0.496 e. The van der Waals surface area contributed by atoms with Gasteiger partial charge in [-0.3, -0.25) is 4.72 Å². The summed E-state index contributed by atoms with van der Waals surface area (Å²) in [6.45, 7) is 0. The topological polar surface area (TPSA) is 79.2 Å². The van der Waals surface area contributed by atoms with Crippen molar-refractivity contribution in [2.45, 2.75) is 11.3 Å². The van der Waals surface area contributed by atoms with Crippen molar-refractivity contribution < 1.29 is 13.2 Å². The van der Waals surface area contributed by atoms with Gasteiger partial charge >= 0.3 is 0 Å². The third kappa shape index (κ3) is 4.46. The first-order valence-electron chi connectivity index (χ1n) is 8.25. The second-order valence-corrected chi connectivity index (χ2v) is 7.62. The minimum atomic E-state index is -3.80. The summed E-state index contributed by atoms with van der Waals surface area (Å²) in [6.07, 6.45) is 0.615. The first-order chi connectivity index (χ1) is 13.0. The largest absolute Gasteiger partial charge is 0.496 e. The highest BCUT2D eigenvalue weighted by Crippen LogP contribution is 2.27. The summed E-state index contributed by atoms with van der Waals surface area (Å²) in [6, 6.07) is 22.9. The van der Waals surface area contributed by atoms with Crippen LogP contribution >= 0.6 is 0 Å². The average molecular weight is 378 g/mol. The molecule has 27 heavy (non-hydrogen) atoms. The number of sulfonamides is 1. The summed E-state index contributed by atoms with van der Waals surface area (Å²) in [4.78, 5) is 0.0435. The van der Waals surface area contributed by atoms with Crippen molar-refractivity contribution in [3.8, 4) is 11.8 Å². The molecular formula is C21H18N2O3S. The van der Waals surface area contributed by atoms with Gasteiger partial charge < -0.3 is 4.74 Å². The van der Waals surface area contributed by atoms with Crippen molar-refractivity contribution in [2.24, 2.45) is 0 Å². The van der Waals surface area contributed by atoms with Gasteiger partial charge in [0, 0.05) is 17.7 Å². The molecule has 0 saturated heterocycles. The number of nitrogens with one attached hydrogen (secondary N) is 1. The van der Waals surface area contributed by atoms with Gasteiger partial charge in [-0.15, -0.1) is 0 Å². The number of ether oxygens (including phenoxy) is 1. The zero-order valence-corrected chi connectivity index (χ0v) is 15.5. The molecule has 0 heterocycles. The molecule has 0 amide bonds. The lowest BCUT2D eigenvalue weighted by atomic mass is 10.0. The molecule has 0 fully saturated rings. The Labute approximate surface area is 158 Å². The van der Waals surface area contributed by atoms with Gasteiger partial charge in [-0.05, 0) is 42.0 Å². The van der Waals surface area contributed by atoms with Crippen LogP contribution in [0.3, 0.4) is 0 Å². The summed E-state index contributed by atoms with van der Waals surface area (Å²) in [7, 11) is -2.21. The number of benzene rings is 3. The molecule has 0 spiro atoms. The number of methoxy groups -OCH3 is 1. The number of anilines is 1. The molecule has 3 aromatic rings. The summed E-state index contributed by atoms with van der Waals surface area (Å²) in [5.41, 5.74) is 2.69. The van der Waals surface area contributed by atoms with Crippen molar-refractivity contribution in [3.05, 3.63) is 89.5 Å². The number of nitriles is 1. The average Bonchev–Trinajstić information content (AvgIpc) is 2.69. The first kappa shape index (κ1) is 18.5. The van der Waals surface area contributed by atoms with Crippen LogP contribution in [0.25, 0.3) is 0 Å². The van der Waals surface area contributed by atoms with Crippen LogP contribution in [0.15, 0.2) is 77.7 Å². The van der Waals surface area contributed by atoms with Crippen LogP contribution in [-0.4, -0.2) is 15.5 Å². The summed E-state index contributed by atoms with van der Waals surface area (Å²) in [5.74, 6) is 0.688. The van der Waals surface area contributed by atoms with Gasteiger partial charge in [-0.1, -0.05) is 36.4 Å². The predicted molar refractivity (Wildman–Crippen MR) is 104 cm³/mol. The van der Waals surface area contributed by atoms with Crippen LogP contribution < -0.4 is 9.46 Å². The highest BCUT2D eigenvalue weighted by molar-refractivity contribution is 7.92. The summed E-state index contributed by atoms with van der Waals surface area (Å²) >= 11 is 0. The lowest BCUT2D eigenvalue weighted by Crippen LogP contribution is -2.13. The van der Waals surface area contributed by atoms with Crippen LogP contribution in [0.5, 0.6) is 5.75 Å². The Balaban J connectivity index is 1.90. The molecule has 0 saturated carbocycles. The molecule has 0 atom stereocenters. The normalized spacial score (nSPS) is 10.8. The van der Waals surface area contributed by atoms with Crippen LogP contribution in [0.4, 0.5) is 5.69 Å². The smallest absolute Gasteiger partial charge is 0.261 e. The number of hydrogen-bond acceptors (Lipinski definition) is 4. The van der Waals surface area contributed by atoms with Crippen LogP contribution in [0.2, 0.25) is 0 Å². The monoisotopic (exact) mass is 378 g/mol. The van der Waals surface area contributed by atoms with E-state index in [-0.39, 0.29) is 10.5 Å². The van der Waals surface area contributed by atoms with Crippen molar-refractivity contribution in [2.75, 3.05) is 11.8 Å². The lowest BCUT2D eigenvalue weighted by molar-refractivity contribution is 0.410. The number of hydrogen-bond donors (Lipinski definition) is 1. The molecule has 0 radical (unpaired) electrons. The lowest BCUT2D eigenvalue weighted by Gasteiger charge is -2.13. The van der Waals surface area contributed by atoms with E-state index in [1.165, 1.54) is 12.1 Å². The Hall–Kier alpha value is -3.30. The molecule has 3 aromatic carbocycles.